The molecule has 3 N–H and O–H groups in total. The Morgan fingerprint density at radius 2 is 2.20 bits per heavy atom. The molecule has 134 valence electrons. The Balaban J connectivity index is 1.59. The molecule has 0 radical (unpaired) electrons. The number of nitrogens with zero attached hydrogens (tertiary/aromatic N) is 1. The second-order valence-electron chi connectivity index (χ2n) is 5.96. The predicted molar refractivity (Wildman–Crippen MR) is 98.9 cm³/mol. The Hall–Kier alpha value is -1.96. The number of amides is 1. The van der Waals surface area contributed by atoms with Crippen molar-refractivity contribution in [2.75, 3.05) is 18.5 Å². The van der Waals surface area contributed by atoms with Crippen LogP contribution in [-0.4, -0.2) is 36.3 Å². The monoisotopic (exact) mass is 361 g/mol. The number of anilines is 1. The highest BCUT2D eigenvalue weighted by Crippen LogP contribution is 2.27. The summed E-state index contributed by atoms with van der Waals surface area (Å²) < 4.78 is 11.2. The van der Waals surface area contributed by atoms with Crippen LogP contribution in [-0.2, 0) is 9.53 Å². The lowest BCUT2D eigenvalue weighted by atomic mass is 10.2. The van der Waals surface area contributed by atoms with E-state index in [1.165, 1.54) is 11.3 Å². The topological polar surface area (TPSA) is 86.5 Å². The lowest BCUT2D eigenvalue weighted by Crippen LogP contribution is -2.29. The summed E-state index contributed by atoms with van der Waals surface area (Å²) in [5.41, 5.74) is 7.39. The summed E-state index contributed by atoms with van der Waals surface area (Å²) in [5, 5.41) is 5.34. The second-order valence-corrected chi connectivity index (χ2v) is 6.82. The second kappa shape index (κ2) is 8.42. The molecule has 2 heterocycles. The first-order valence-corrected chi connectivity index (χ1v) is 9.42. The fourth-order valence-electron chi connectivity index (χ4n) is 2.66. The largest absolute Gasteiger partial charge is 0.494 e. The standard InChI is InChI=1S/C18H23N3O3S/c1-2-9-23-13-5-3-12(4-6-13)15-11-25-18(20-15)21-17(22)16-8-7-14(10-19)24-16/h3-6,11,14,16H,2,7-10,19H2,1H3,(H,20,21,22)/t14-,16+/m1/s1. The normalized spacial score (nSPS) is 19.8. The molecule has 2 aromatic rings. The van der Waals surface area contributed by atoms with Gasteiger partial charge in [0.15, 0.2) is 5.13 Å². The molecule has 3 rings (SSSR count). The molecule has 1 aliphatic heterocycles. The summed E-state index contributed by atoms with van der Waals surface area (Å²) in [7, 11) is 0. The molecular formula is C18H23N3O3S. The van der Waals surface area contributed by atoms with Gasteiger partial charge in [0.2, 0.25) is 0 Å². The van der Waals surface area contributed by atoms with Gasteiger partial charge in [-0.1, -0.05) is 6.92 Å². The van der Waals surface area contributed by atoms with Gasteiger partial charge in [0.25, 0.3) is 5.91 Å². The Labute approximate surface area is 151 Å². The zero-order chi connectivity index (χ0) is 17.6. The van der Waals surface area contributed by atoms with Gasteiger partial charge >= 0.3 is 0 Å². The summed E-state index contributed by atoms with van der Waals surface area (Å²) in [5.74, 6) is 0.697. The molecule has 1 aliphatic rings. The van der Waals surface area contributed by atoms with Gasteiger partial charge in [-0.15, -0.1) is 11.3 Å². The van der Waals surface area contributed by atoms with Crippen LogP contribution in [0.15, 0.2) is 29.6 Å². The SMILES string of the molecule is CCCOc1ccc(-c2csc(NC(=O)[C@@H]3CC[C@H](CN)O3)n2)cc1. The molecule has 1 aromatic carbocycles. The average molecular weight is 361 g/mol. The van der Waals surface area contributed by atoms with Crippen LogP contribution in [0.1, 0.15) is 26.2 Å². The molecule has 2 atom stereocenters. The lowest BCUT2D eigenvalue weighted by Gasteiger charge is -2.11. The molecule has 0 saturated carbocycles. The maximum atomic E-state index is 12.2. The van der Waals surface area contributed by atoms with Gasteiger partial charge in [0, 0.05) is 17.5 Å². The van der Waals surface area contributed by atoms with Crippen molar-refractivity contribution in [2.45, 2.75) is 38.4 Å². The number of rotatable bonds is 7. The van der Waals surface area contributed by atoms with Gasteiger partial charge in [-0.2, -0.15) is 0 Å². The van der Waals surface area contributed by atoms with Crippen molar-refractivity contribution in [3.63, 3.8) is 0 Å². The number of hydrogen-bond donors (Lipinski definition) is 2. The summed E-state index contributed by atoms with van der Waals surface area (Å²) in [6, 6.07) is 7.80. The number of nitrogens with one attached hydrogen (secondary N) is 1. The minimum atomic E-state index is -0.434. The van der Waals surface area contributed by atoms with Crippen molar-refractivity contribution in [1.29, 1.82) is 0 Å². The van der Waals surface area contributed by atoms with E-state index >= 15 is 0 Å². The molecule has 0 spiro atoms. The third-order valence-electron chi connectivity index (χ3n) is 4.02. The van der Waals surface area contributed by atoms with Crippen LogP contribution in [0.3, 0.4) is 0 Å². The van der Waals surface area contributed by atoms with E-state index < -0.39 is 6.10 Å². The predicted octanol–water partition coefficient (Wildman–Crippen LogP) is 3.04. The van der Waals surface area contributed by atoms with Crippen LogP contribution in [0.4, 0.5) is 5.13 Å². The zero-order valence-corrected chi connectivity index (χ0v) is 15.1. The van der Waals surface area contributed by atoms with E-state index in [4.69, 9.17) is 15.2 Å². The Bertz CT molecular complexity index is 702. The van der Waals surface area contributed by atoms with Crippen molar-refractivity contribution in [3.8, 4) is 17.0 Å². The minimum absolute atomic E-state index is 0.0175. The zero-order valence-electron chi connectivity index (χ0n) is 14.2. The Kier molecular flexibility index (Phi) is 6.01. The number of hydrogen-bond acceptors (Lipinski definition) is 6. The molecular weight excluding hydrogens is 338 g/mol. The highest BCUT2D eigenvalue weighted by Gasteiger charge is 2.30. The van der Waals surface area contributed by atoms with Crippen LogP contribution in [0, 0.1) is 0 Å². The van der Waals surface area contributed by atoms with Crippen molar-refractivity contribution in [2.24, 2.45) is 5.73 Å². The number of carbonyl (C=O) groups excluding carboxylic acids is 1. The Morgan fingerprint density at radius 3 is 2.88 bits per heavy atom. The summed E-state index contributed by atoms with van der Waals surface area (Å²) in [4.78, 5) is 16.7. The van der Waals surface area contributed by atoms with Crippen LogP contribution in [0.5, 0.6) is 5.75 Å². The van der Waals surface area contributed by atoms with Gasteiger partial charge in [0.05, 0.1) is 18.4 Å². The van der Waals surface area contributed by atoms with E-state index in [0.29, 0.717) is 24.7 Å². The van der Waals surface area contributed by atoms with E-state index in [1.54, 1.807) is 0 Å². The minimum Gasteiger partial charge on any atom is -0.494 e. The highest BCUT2D eigenvalue weighted by molar-refractivity contribution is 7.14. The molecule has 25 heavy (non-hydrogen) atoms. The molecule has 0 bridgehead atoms. The van der Waals surface area contributed by atoms with Crippen molar-refractivity contribution < 1.29 is 14.3 Å². The van der Waals surface area contributed by atoms with E-state index in [0.717, 1.165) is 29.8 Å². The first-order chi connectivity index (χ1) is 12.2. The van der Waals surface area contributed by atoms with E-state index in [1.807, 2.05) is 29.6 Å². The van der Waals surface area contributed by atoms with Crippen molar-refractivity contribution in [1.82, 2.24) is 4.98 Å². The van der Waals surface area contributed by atoms with Crippen LogP contribution in [0.2, 0.25) is 0 Å². The first-order valence-electron chi connectivity index (χ1n) is 8.54. The van der Waals surface area contributed by atoms with E-state index in [-0.39, 0.29) is 12.0 Å². The smallest absolute Gasteiger partial charge is 0.255 e. The van der Waals surface area contributed by atoms with Gasteiger partial charge < -0.3 is 15.2 Å². The molecule has 0 aliphatic carbocycles. The summed E-state index contributed by atoms with van der Waals surface area (Å²) in [6.07, 6.45) is 2.05. The molecule has 7 heteroatoms. The molecule has 6 nitrogen and oxygen atoms in total. The average Bonchev–Trinajstić information content (AvgIpc) is 3.30. The van der Waals surface area contributed by atoms with E-state index in [2.05, 4.69) is 17.2 Å². The van der Waals surface area contributed by atoms with Crippen molar-refractivity contribution >= 4 is 22.4 Å². The fraction of sp³-hybridized carbons (Fsp3) is 0.444. The number of nitrogens with two attached hydrogens (primary N) is 1. The molecule has 1 saturated heterocycles. The van der Waals surface area contributed by atoms with Gasteiger partial charge in [-0.3, -0.25) is 10.1 Å². The highest BCUT2D eigenvalue weighted by atomic mass is 32.1. The van der Waals surface area contributed by atoms with E-state index in [9.17, 15) is 4.79 Å². The number of benzene rings is 1. The Morgan fingerprint density at radius 1 is 1.40 bits per heavy atom. The maximum absolute atomic E-state index is 12.2. The van der Waals surface area contributed by atoms with Crippen LogP contribution in [0.25, 0.3) is 11.3 Å². The quantitative estimate of drug-likeness (QED) is 0.791. The van der Waals surface area contributed by atoms with Crippen LogP contribution < -0.4 is 15.8 Å². The summed E-state index contributed by atoms with van der Waals surface area (Å²) >= 11 is 1.40. The number of thiazole rings is 1. The van der Waals surface area contributed by atoms with Gasteiger partial charge in [-0.05, 0) is 43.5 Å². The number of ether oxygens (including phenoxy) is 2. The van der Waals surface area contributed by atoms with Crippen molar-refractivity contribution in [3.05, 3.63) is 29.6 Å². The third-order valence-corrected chi connectivity index (χ3v) is 4.78. The van der Waals surface area contributed by atoms with Crippen LogP contribution >= 0.6 is 11.3 Å². The van der Waals surface area contributed by atoms with Gasteiger partial charge in [0.1, 0.15) is 11.9 Å². The maximum Gasteiger partial charge on any atom is 0.255 e. The molecule has 1 amide bonds. The molecule has 1 fully saturated rings. The summed E-state index contributed by atoms with van der Waals surface area (Å²) in [6.45, 7) is 3.23. The lowest BCUT2D eigenvalue weighted by molar-refractivity contribution is -0.126. The van der Waals surface area contributed by atoms with Gasteiger partial charge in [-0.25, -0.2) is 4.98 Å². The first kappa shape index (κ1) is 17.8. The molecule has 1 aromatic heterocycles. The number of aromatic nitrogens is 1. The third kappa shape index (κ3) is 4.56. The number of carbonyl (C=O) groups is 1. The molecule has 0 unspecified atom stereocenters. The fourth-order valence-corrected chi connectivity index (χ4v) is 3.39.